The maximum absolute atomic E-state index is 14.1. The zero-order valence-corrected chi connectivity index (χ0v) is 14.4. The van der Waals surface area contributed by atoms with Crippen LogP contribution in [0.25, 0.3) is 0 Å². The first-order valence-corrected chi connectivity index (χ1v) is 7.87. The van der Waals surface area contributed by atoms with Crippen LogP contribution >= 0.6 is 27.9 Å². The van der Waals surface area contributed by atoms with Crippen LogP contribution in [0.15, 0.2) is 22.7 Å². The molecule has 0 radical (unpaired) electrons. The summed E-state index contributed by atoms with van der Waals surface area (Å²) in [5, 5.41) is 9.63. The molecule has 3 nitrogen and oxygen atoms in total. The molecule has 0 aliphatic heterocycles. The molecule has 0 saturated heterocycles. The van der Waals surface area contributed by atoms with Crippen molar-refractivity contribution in [2.75, 3.05) is 0 Å². The fourth-order valence-corrected chi connectivity index (χ4v) is 2.88. The summed E-state index contributed by atoms with van der Waals surface area (Å²) in [6.45, 7) is 7.61. The van der Waals surface area contributed by atoms with Gasteiger partial charge in [0.15, 0.2) is 5.54 Å². The van der Waals surface area contributed by atoms with E-state index in [0.717, 1.165) is 0 Å². The Morgan fingerprint density at radius 1 is 1.45 bits per heavy atom. The van der Waals surface area contributed by atoms with Gasteiger partial charge < -0.3 is 5.11 Å². The van der Waals surface area contributed by atoms with Crippen LogP contribution in [0, 0.1) is 5.82 Å². The van der Waals surface area contributed by atoms with Gasteiger partial charge in [-0.1, -0.05) is 34.8 Å². The molecule has 1 aromatic carbocycles. The van der Waals surface area contributed by atoms with Crippen molar-refractivity contribution in [1.82, 2.24) is 4.72 Å². The van der Waals surface area contributed by atoms with E-state index in [1.54, 1.807) is 13.0 Å². The molecule has 0 fully saturated rings. The summed E-state index contributed by atoms with van der Waals surface area (Å²) in [4.78, 5) is 11.8. The lowest BCUT2D eigenvalue weighted by Crippen LogP contribution is -2.47. The second-order valence-electron chi connectivity index (χ2n) is 5.50. The maximum Gasteiger partial charge on any atom is 0.329 e. The first-order chi connectivity index (χ1) is 9.12. The van der Waals surface area contributed by atoms with Crippen molar-refractivity contribution in [3.05, 3.63) is 34.1 Å². The lowest BCUT2D eigenvalue weighted by atomic mass is 9.88. The van der Waals surface area contributed by atoms with E-state index in [1.165, 1.54) is 24.1 Å². The Kier molecular flexibility index (Phi) is 5.63. The SMILES string of the molecule is CCC(NSC(C)(C)C)(C(=O)O)c1cc(Br)ccc1F. The molecular weight excluding hydrogens is 345 g/mol. The van der Waals surface area contributed by atoms with Crippen molar-refractivity contribution in [2.45, 2.75) is 44.4 Å². The lowest BCUT2D eigenvalue weighted by Gasteiger charge is -2.33. The van der Waals surface area contributed by atoms with Crippen molar-refractivity contribution in [3.63, 3.8) is 0 Å². The van der Waals surface area contributed by atoms with E-state index in [-0.39, 0.29) is 16.7 Å². The molecule has 1 atom stereocenters. The van der Waals surface area contributed by atoms with Crippen LogP contribution in [0.3, 0.4) is 0 Å². The van der Waals surface area contributed by atoms with Crippen LogP contribution in [0.2, 0.25) is 0 Å². The zero-order chi connectivity index (χ0) is 15.6. The van der Waals surface area contributed by atoms with E-state index < -0.39 is 17.3 Å². The quantitative estimate of drug-likeness (QED) is 0.765. The van der Waals surface area contributed by atoms with Gasteiger partial charge in [0, 0.05) is 14.8 Å². The van der Waals surface area contributed by atoms with Crippen molar-refractivity contribution >= 4 is 33.8 Å². The molecule has 1 aromatic rings. The summed E-state index contributed by atoms with van der Waals surface area (Å²) >= 11 is 4.55. The van der Waals surface area contributed by atoms with E-state index in [0.29, 0.717) is 4.47 Å². The van der Waals surface area contributed by atoms with Crippen LogP contribution in [0.4, 0.5) is 4.39 Å². The van der Waals surface area contributed by atoms with Crippen LogP contribution in [-0.4, -0.2) is 15.8 Å². The summed E-state index contributed by atoms with van der Waals surface area (Å²) in [5.74, 6) is -1.62. The average molecular weight is 364 g/mol. The zero-order valence-electron chi connectivity index (χ0n) is 12.0. The first-order valence-electron chi connectivity index (χ1n) is 6.26. The van der Waals surface area contributed by atoms with Gasteiger partial charge in [0.25, 0.3) is 0 Å². The third kappa shape index (κ3) is 3.96. The molecule has 0 aliphatic rings. The number of hydrogen-bond acceptors (Lipinski definition) is 3. The molecule has 1 rings (SSSR count). The molecule has 20 heavy (non-hydrogen) atoms. The highest BCUT2D eigenvalue weighted by Crippen LogP contribution is 2.34. The molecule has 0 saturated carbocycles. The summed E-state index contributed by atoms with van der Waals surface area (Å²) in [5.41, 5.74) is -1.31. The van der Waals surface area contributed by atoms with Crippen molar-refractivity contribution in [2.24, 2.45) is 0 Å². The number of carbonyl (C=O) groups is 1. The van der Waals surface area contributed by atoms with Crippen molar-refractivity contribution < 1.29 is 14.3 Å². The van der Waals surface area contributed by atoms with Gasteiger partial charge in [0.2, 0.25) is 0 Å². The molecular formula is C14H19BrFNO2S. The Morgan fingerprint density at radius 3 is 2.50 bits per heavy atom. The maximum atomic E-state index is 14.1. The molecule has 0 amide bonds. The fourth-order valence-electron chi connectivity index (χ4n) is 1.69. The second-order valence-corrected chi connectivity index (χ2v) is 8.05. The smallest absolute Gasteiger partial charge is 0.329 e. The Bertz CT molecular complexity index is 504. The largest absolute Gasteiger partial charge is 0.480 e. The topological polar surface area (TPSA) is 49.3 Å². The highest BCUT2D eigenvalue weighted by atomic mass is 79.9. The Labute approximate surface area is 131 Å². The van der Waals surface area contributed by atoms with E-state index >= 15 is 0 Å². The highest BCUT2D eigenvalue weighted by Gasteiger charge is 2.42. The van der Waals surface area contributed by atoms with Crippen LogP contribution < -0.4 is 4.72 Å². The Balaban J connectivity index is 3.30. The third-order valence-electron chi connectivity index (χ3n) is 2.82. The highest BCUT2D eigenvalue weighted by molar-refractivity contribution is 9.10. The van der Waals surface area contributed by atoms with Crippen LogP contribution in [-0.2, 0) is 10.3 Å². The normalized spacial score (nSPS) is 14.9. The molecule has 0 bridgehead atoms. The van der Waals surface area contributed by atoms with E-state index in [2.05, 4.69) is 20.7 Å². The molecule has 2 N–H and O–H groups in total. The molecule has 0 aromatic heterocycles. The molecule has 6 heteroatoms. The Hall–Kier alpha value is -0.590. The number of halogens is 2. The third-order valence-corrected chi connectivity index (χ3v) is 4.37. The summed E-state index contributed by atoms with van der Waals surface area (Å²) in [6, 6.07) is 4.34. The minimum atomic E-state index is -1.45. The molecule has 0 spiro atoms. The van der Waals surface area contributed by atoms with Gasteiger partial charge in [0.05, 0.1) is 0 Å². The second kappa shape index (κ2) is 6.45. The fraction of sp³-hybridized carbons (Fsp3) is 0.500. The van der Waals surface area contributed by atoms with E-state index in [4.69, 9.17) is 0 Å². The number of rotatable bonds is 5. The van der Waals surface area contributed by atoms with Gasteiger partial charge in [-0.25, -0.2) is 13.9 Å². The van der Waals surface area contributed by atoms with Crippen LogP contribution in [0.5, 0.6) is 0 Å². The number of aliphatic carboxylic acids is 1. The van der Waals surface area contributed by atoms with E-state index in [1.807, 2.05) is 20.8 Å². The summed E-state index contributed by atoms with van der Waals surface area (Å²) in [7, 11) is 0. The van der Waals surface area contributed by atoms with Gasteiger partial charge in [-0.3, -0.25) is 0 Å². The Morgan fingerprint density at radius 2 is 2.05 bits per heavy atom. The number of benzene rings is 1. The summed E-state index contributed by atoms with van der Waals surface area (Å²) < 4.78 is 17.5. The molecule has 0 aliphatic carbocycles. The standard InChI is InChI=1S/C14H19BrFNO2S/c1-5-14(12(18)19,17-20-13(2,3)4)10-8-9(15)6-7-11(10)16/h6-8,17H,5H2,1-4H3,(H,18,19). The van der Waals surface area contributed by atoms with Gasteiger partial charge in [-0.05, 0) is 45.4 Å². The van der Waals surface area contributed by atoms with E-state index in [9.17, 15) is 14.3 Å². The predicted octanol–water partition coefficient (Wildman–Crippen LogP) is 4.31. The molecule has 0 heterocycles. The van der Waals surface area contributed by atoms with Crippen LogP contribution in [0.1, 0.15) is 39.7 Å². The number of hydrogen-bond donors (Lipinski definition) is 2. The van der Waals surface area contributed by atoms with Crippen molar-refractivity contribution in [1.29, 1.82) is 0 Å². The van der Waals surface area contributed by atoms with Gasteiger partial charge in [-0.2, -0.15) is 0 Å². The van der Waals surface area contributed by atoms with Crippen molar-refractivity contribution in [3.8, 4) is 0 Å². The minimum Gasteiger partial charge on any atom is -0.480 e. The first kappa shape index (κ1) is 17.5. The number of carboxylic acids is 1. The number of carboxylic acid groups (broad SMARTS) is 1. The molecule has 112 valence electrons. The average Bonchev–Trinajstić information content (AvgIpc) is 2.33. The van der Waals surface area contributed by atoms with Gasteiger partial charge in [0.1, 0.15) is 5.82 Å². The monoisotopic (exact) mass is 363 g/mol. The minimum absolute atomic E-state index is 0.138. The predicted molar refractivity (Wildman–Crippen MR) is 84.2 cm³/mol. The lowest BCUT2D eigenvalue weighted by molar-refractivity contribution is -0.144. The molecule has 1 unspecified atom stereocenters. The van der Waals surface area contributed by atoms with Gasteiger partial charge in [-0.15, -0.1) is 0 Å². The summed E-state index contributed by atoms with van der Waals surface area (Å²) in [6.07, 6.45) is 0.235. The van der Waals surface area contributed by atoms with Gasteiger partial charge >= 0.3 is 5.97 Å². The number of nitrogens with one attached hydrogen (secondary N) is 1.